The molecule has 1 aliphatic heterocycles. The molecule has 0 bridgehead atoms. The molecular weight excluding hydrogens is 512 g/mol. The summed E-state index contributed by atoms with van der Waals surface area (Å²) in [7, 11) is -4.14. The van der Waals surface area contributed by atoms with E-state index in [1.807, 2.05) is 60.7 Å². The van der Waals surface area contributed by atoms with Crippen LogP contribution in [0.5, 0.6) is 0 Å². The summed E-state index contributed by atoms with van der Waals surface area (Å²) in [5, 5.41) is 5.32. The number of amides is 2. The van der Waals surface area contributed by atoms with Crippen LogP contribution < -0.4 is 9.62 Å². The Bertz CT molecular complexity index is 1600. The number of nitrogens with one attached hydrogen (secondary N) is 1. The number of sulfonamides is 1. The number of rotatable bonds is 9. The molecule has 198 valence electrons. The number of aromatic nitrogens is 2. The number of carbonyl (C=O) groups excluding carboxylic acids is 2. The predicted octanol–water partition coefficient (Wildman–Crippen LogP) is 3.80. The fourth-order valence-electron chi connectivity index (χ4n) is 4.63. The first-order valence-corrected chi connectivity index (χ1v) is 14.2. The predicted molar refractivity (Wildman–Crippen MR) is 150 cm³/mol. The van der Waals surface area contributed by atoms with Crippen LogP contribution in [-0.2, 0) is 39.0 Å². The first kappa shape index (κ1) is 26.1. The quantitative estimate of drug-likeness (QED) is 0.326. The molecular formula is C30H28N4O4S. The molecule has 39 heavy (non-hydrogen) atoms. The number of hydrogen-bond donors (Lipinski definition) is 1. The summed E-state index contributed by atoms with van der Waals surface area (Å²) in [5.74, 6) is -2.58. The molecule has 1 N–H and O–H groups in total. The number of hydrogen-bond acceptors (Lipinski definition) is 5. The van der Waals surface area contributed by atoms with E-state index in [0.717, 1.165) is 22.2 Å². The van der Waals surface area contributed by atoms with Crippen LogP contribution in [0, 0.1) is 5.92 Å². The molecule has 4 aromatic rings. The second kappa shape index (κ2) is 11.5. The van der Waals surface area contributed by atoms with Gasteiger partial charge in [0.15, 0.2) is 0 Å². The summed E-state index contributed by atoms with van der Waals surface area (Å²) in [6.45, 7) is 0.958. The maximum absolute atomic E-state index is 13.7. The Labute approximate surface area is 227 Å². The van der Waals surface area contributed by atoms with Crippen LogP contribution in [-0.4, -0.2) is 36.6 Å². The fourth-order valence-corrected chi connectivity index (χ4v) is 5.46. The SMILES string of the molecule is O=C(NS(=O)(=O)C=Cc1ccccc1)C(Cc1cnn(Cc2ccccc2)c1)C(=O)N1CCc2ccccc21. The van der Waals surface area contributed by atoms with E-state index in [1.165, 1.54) is 6.08 Å². The highest BCUT2D eigenvalue weighted by molar-refractivity contribution is 7.93. The van der Waals surface area contributed by atoms with E-state index in [1.54, 1.807) is 46.2 Å². The van der Waals surface area contributed by atoms with Gasteiger partial charge in [0.05, 0.1) is 18.1 Å². The van der Waals surface area contributed by atoms with E-state index in [9.17, 15) is 18.0 Å². The van der Waals surface area contributed by atoms with Gasteiger partial charge in [-0.05, 0) is 47.2 Å². The average Bonchev–Trinajstić information content (AvgIpc) is 3.58. The maximum Gasteiger partial charge on any atom is 0.257 e. The second-order valence-electron chi connectivity index (χ2n) is 9.38. The second-order valence-corrected chi connectivity index (χ2v) is 10.9. The first-order valence-electron chi connectivity index (χ1n) is 12.6. The van der Waals surface area contributed by atoms with Crippen molar-refractivity contribution in [2.24, 2.45) is 5.92 Å². The van der Waals surface area contributed by atoms with Gasteiger partial charge in [-0.3, -0.25) is 14.3 Å². The van der Waals surface area contributed by atoms with Crippen LogP contribution in [0.1, 0.15) is 22.3 Å². The lowest BCUT2D eigenvalue weighted by Gasteiger charge is -2.23. The van der Waals surface area contributed by atoms with E-state index in [0.29, 0.717) is 30.6 Å². The molecule has 1 aromatic heterocycles. The Morgan fingerprint density at radius 2 is 1.62 bits per heavy atom. The van der Waals surface area contributed by atoms with Gasteiger partial charge in [0.2, 0.25) is 11.8 Å². The van der Waals surface area contributed by atoms with Gasteiger partial charge >= 0.3 is 0 Å². The third-order valence-corrected chi connectivity index (χ3v) is 7.54. The molecule has 8 nitrogen and oxygen atoms in total. The van der Waals surface area contributed by atoms with Crippen molar-refractivity contribution in [3.05, 3.63) is 125 Å². The number of nitrogens with zero attached hydrogens (tertiary/aromatic N) is 3. The van der Waals surface area contributed by atoms with Crippen molar-refractivity contribution in [2.45, 2.75) is 19.4 Å². The lowest BCUT2D eigenvalue weighted by atomic mass is 9.99. The van der Waals surface area contributed by atoms with E-state index < -0.39 is 27.8 Å². The Morgan fingerprint density at radius 1 is 0.923 bits per heavy atom. The zero-order chi connectivity index (χ0) is 27.2. The molecule has 9 heteroatoms. The van der Waals surface area contributed by atoms with Gasteiger partial charge < -0.3 is 4.90 Å². The molecule has 0 saturated heterocycles. The van der Waals surface area contributed by atoms with Crippen molar-refractivity contribution < 1.29 is 18.0 Å². The summed E-state index contributed by atoms with van der Waals surface area (Å²) < 4.78 is 29.3. The van der Waals surface area contributed by atoms with Crippen molar-refractivity contribution in [3.8, 4) is 0 Å². The summed E-state index contributed by atoms with van der Waals surface area (Å²) in [5.41, 5.74) is 4.14. The number of benzene rings is 3. The molecule has 1 unspecified atom stereocenters. The molecule has 0 fully saturated rings. The smallest absolute Gasteiger partial charge is 0.257 e. The van der Waals surface area contributed by atoms with Gasteiger partial charge in [0, 0.05) is 18.4 Å². The largest absolute Gasteiger partial charge is 0.311 e. The third kappa shape index (κ3) is 6.50. The van der Waals surface area contributed by atoms with Crippen molar-refractivity contribution in [3.63, 3.8) is 0 Å². The van der Waals surface area contributed by atoms with E-state index in [4.69, 9.17) is 0 Å². The molecule has 0 spiro atoms. The molecule has 5 rings (SSSR count). The Hall–Kier alpha value is -4.50. The van der Waals surface area contributed by atoms with E-state index in [-0.39, 0.29) is 6.42 Å². The molecule has 3 aromatic carbocycles. The summed E-state index contributed by atoms with van der Waals surface area (Å²) in [6.07, 6.45) is 5.47. The Balaban J connectivity index is 1.37. The normalized spacial score (nSPS) is 13.8. The number of carbonyl (C=O) groups is 2. The van der Waals surface area contributed by atoms with Crippen molar-refractivity contribution in [1.29, 1.82) is 0 Å². The van der Waals surface area contributed by atoms with Crippen LogP contribution >= 0.6 is 0 Å². The van der Waals surface area contributed by atoms with Gasteiger partial charge in [-0.25, -0.2) is 13.1 Å². The van der Waals surface area contributed by atoms with Gasteiger partial charge in [-0.2, -0.15) is 5.10 Å². The van der Waals surface area contributed by atoms with Crippen molar-refractivity contribution >= 4 is 33.6 Å². The minimum atomic E-state index is -4.14. The van der Waals surface area contributed by atoms with E-state index >= 15 is 0 Å². The lowest BCUT2D eigenvalue weighted by Crippen LogP contribution is -2.45. The standard InChI is InChI=1S/C30H28N4O4S/c35-29(32-39(37,38)18-16-23-9-3-1-4-10-23)27(30(36)34-17-15-26-13-7-8-14-28(26)34)19-25-20-31-33(22-25)21-24-11-5-2-6-12-24/h1-14,16,18,20,22,27H,15,17,19,21H2,(H,32,35). The Kier molecular flexibility index (Phi) is 7.69. The molecule has 1 atom stereocenters. The average molecular weight is 541 g/mol. The number of para-hydroxylation sites is 1. The minimum Gasteiger partial charge on any atom is -0.311 e. The zero-order valence-corrected chi connectivity index (χ0v) is 22.0. The van der Waals surface area contributed by atoms with Crippen LogP contribution in [0.4, 0.5) is 5.69 Å². The highest BCUT2D eigenvalue weighted by atomic mass is 32.2. The topological polar surface area (TPSA) is 101 Å². The summed E-state index contributed by atoms with van der Waals surface area (Å²) >= 11 is 0. The van der Waals surface area contributed by atoms with Crippen LogP contribution in [0.25, 0.3) is 6.08 Å². The van der Waals surface area contributed by atoms with Crippen molar-refractivity contribution in [2.75, 3.05) is 11.4 Å². The van der Waals surface area contributed by atoms with Crippen LogP contribution in [0.2, 0.25) is 0 Å². The summed E-state index contributed by atoms with van der Waals surface area (Å²) in [6, 6.07) is 26.2. The summed E-state index contributed by atoms with van der Waals surface area (Å²) in [4.78, 5) is 28.7. The third-order valence-electron chi connectivity index (χ3n) is 6.56. The molecule has 2 amide bonds. The molecule has 2 heterocycles. The number of fused-ring (bicyclic) bond motifs is 1. The highest BCUT2D eigenvalue weighted by Gasteiger charge is 2.36. The van der Waals surface area contributed by atoms with Gasteiger partial charge in [-0.1, -0.05) is 78.9 Å². The highest BCUT2D eigenvalue weighted by Crippen LogP contribution is 2.29. The molecule has 0 radical (unpaired) electrons. The molecule has 0 aliphatic carbocycles. The number of anilines is 1. The molecule has 0 saturated carbocycles. The molecule has 1 aliphatic rings. The van der Waals surface area contributed by atoms with Crippen molar-refractivity contribution in [1.82, 2.24) is 14.5 Å². The maximum atomic E-state index is 13.7. The van der Waals surface area contributed by atoms with Gasteiger partial charge in [0.1, 0.15) is 5.92 Å². The fraction of sp³-hybridized carbons (Fsp3) is 0.167. The van der Waals surface area contributed by atoms with Crippen LogP contribution in [0.3, 0.4) is 0 Å². The van der Waals surface area contributed by atoms with Crippen LogP contribution in [0.15, 0.2) is 103 Å². The lowest BCUT2D eigenvalue weighted by molar-refractivity contribution is -0.132. The zero-order valence-electron chi connectivity index (χ0n) is 21.2. The van der Waals surface area contributed by atoms with Gasteiger partial charge in [0.25, 0.3) is 10.0 Å². The first-order chi connectivity index (χ1) is 18.9. The van der Waals surface area contributed by atoms with Gasteiger partial charge in [-0.15, -0.1) is 0 Å². The Morgan fingerprint density at radius 3 is 2.38 bits per heavy atom. The van der Waals surface area contributed by atoms with E-state index in [2.05, 4.69) is 9.82 Å². The monoisotopic (exact) mass is 540 g/mol. The minimum absolute atomic E-state index is 0.00996.